The molecule has 1 unspecified atom stereocenters. The highest BCUT2D eigenvalue weighted by Crippen LogP contribution is 2.29. The molecule has 0 amide bonds. The van der Waals surface area contributed by atoms with E-state index in [4.69, 9.17) is 4.98 Å². The van der Waals surface area contributed by atoms with E-state index in [0.717, 1.165) is 73.3 Å². The van der Waals surface area contributed by atoms with Crippen molar-refractivity contribution in [1.82, 2.24) is 24.4 Å². The first-order valence-corrected chi connectivity index (χ1v) is 11.2. The maximum atomic E-state index is 13.0. The molecular weight excluding hydrogens is 406 g/mol. The van der Waals surface area contributed by atoms with Crippen LogP contribution in [0.15, 0.2) is 29.3 Å². The largest absolute Gasteiger partial charge is 0.394 e. The van der Waals surface area contributed by atoms with Crippen LogP contribution in [0, 0.1) is 0 Å². The quantitative estimate of drug-likeness (QED) is 0.640. The summed E-state index contributed by atoms with van der Waals surface area (Å²) in [7, 11) is 3.91. The molecule has 0 spiro atoms. The Morgan fingerprint density at radius 3 is 2.94 bits per heavy atom. The lowest BCUT2D eigenvalue weighted by molar-refractivity contribution is 0.239. The van der Waals surface area contributed by atoms with Gasteiger partial charge in [0, 0.05) is 56.6 Å². The van der Waals surface area contributed by atoms with E-state index in [1.807, 2.05) is 19.2 Å². The number of fused-ring (bicyclic) bond motifs is 2. The van der Waals surface area contributed by atoms with Crippen molar-refractivity contribution in [1.29, 1.82) is 0 Å². The summed E-state index contributed by atoms with van der Waals surface area (Å²) in [5, 5.41) is 13.9. The van der Waals surface area contributed by atoms with Gasteiger partial charge in [0.05, 0.1) is 12.6 Å². The number of pyridine rings is 2. The van der Waals surface area contributed by atoms with Crippen LogP contribution in [0.25, 0.3) is 10.9 Å². The third-order valence-corrected chi connectivity index (χ3v) is 6.64. The first-order chi connectivity index (χ1) is 15.5. The first kappa shape index (κ1) is 20.8. The number of nitrogens with zero attached hydrogens (tertiary/aromatic N) is 6. The highest BCUT2D eigenvalue weighted by atomic mass is 16.3. The highest BCUT2D eigenvalue weighted by Gasteiger charge is 2.25. The Hall–Kier alpha value is -3.04. The highest BCUT2D eigenvalue weighted by molar-refractivity contribution is 5.89. The predicted octanol–water partition coefficient (Wildman–Crippen LogP) is 1.81. The number of rotatable bonds is 4. The molecule has 0 aromatic carbocycles. The van der Waals surface area contributed by atoms with Crippen molar-refractivity contribution < 1.29 is 5.11 Å². The molecule has 9 heteroatoms. The third-order valence-electron chi connectivity index (χ3n) is 6.64. The zero-order chi connectivity index (χ0) is 22.2. The van der Waals surface area contributed by atoms with Crippen molar-refractivity contribution in [3.05, 3.63) is 46.1 Å². The Morgan fingerprint density at radius 1 is 1.22 bits per heavy atom. The number of nitrogens with one attached hydrogen (secondary N) is 1. The average Bonchev–Trinajstić information content (AvgIpc) is 2.82. The van der Waals surface area contributed by atoms with E-state index in [0.29, 0.717) is 11.6 Å². The van der Waals surface area contributed by atoms with Crippen LogP contribution < -0.4 is 15.8 Å². The summed E-state index contributed by atoms with van der Waals surface area (Å²) in [6.45, 7) is 2.68. The second-order valence-corrected chi connectivity index (χ2v) is 8.80. The standard InChI is InChI=1S/C23H29N7O2/c1-28-10-7-19-16(13-28)11-18(22(32)29(19)2)26-23-25-12-15-6-8-24-21(20(15)27-23)30-9-4-3-5-17(30)14-31/h6,8,11-12,17,31H,3-5,7,9-10,13-14H2,1-2H3,(H,25,26,27). The summed E-state index contributed by atoms with van der Waals surface area (Å²) in [5.74, 6) is 1.12. The van der Waals surface area contributed by atoms with Crippen LogP contribution in [-0.2, 0) is 20.0 Å². The molecular formula is C23H29N7O2. The Kier molecular flexibility index (Phi) is 5.52. The Bertz CT molecular complexity index is 1210. The number of likely N-dealkylation sites (N-methyl/N-ethyl adjacent to an activating group) is 1. The van der Waals surface area contributed by atoms with Gasteiger partial charge in [-0.2, -0.15) is 0 Å². The van der Waals surface area contributed by atoms with Crippen LogP contribution in [0.3, 0.4) is 0 Å². The summed E-state index contributed by atoms with van der Waals surface area (Å²) in [4.78, 5) is 31.2. The van der Waals surface area contributed by atoms with Gasteiger partial charge >= 0.3 is 0 Å². The predicted molar refractivity (Wildman–Crippen MR) is 124 cm³/mol. The average molecular weight is 436 g/mol. The molecule has 9 nitrogen and oxygen atoms in total. The number of aliphatic hydroxyl groups excluding tert-OH is 1. The molecule has 2 aliphatic rings. The molecule has 1 fully saturated rings. The molecule has 2 N–H and O–H groups in total. The maximum absolute atomic E-state index is 13.0. The molecule has 1 atom stereocenters. The zero-order valence-corrected chi connectivity index (χ0v) is 18.6. The van der Waals surface area contributed by atoms with Gasteiger partial charge in [-0.3, -0.25) is 4.79 Å². The first-order valence-electron chi connectivity index (χ1n) is 11.2. The number of piperidine rings is 1. The molecule has 5 rings (SSSR count). The Morgan fingerprint density at radius 2 is 2.09 bits per heavy atom. The van der Waals surface area contributed by atoms with Crippen LogP contribution in [0.5, 0.6) is 0 Å². The number of hydrogen-bond donors (Lipinski definition) is 2. The zero-order valence-electron chi connectivity index (χ0n) is 18.6. The number of aliphatic hydroxyl groups is 1. The fourth-order valence-corrected chi connectivity index (χ4v) is 4.86. The van der Waals surface area contributed by atoms with E-state index in [1.165, 1.54) is 0 Å². The molecule has 32 heavy (non-hydrogen) atoms. The van der Waals surface area contributed by atoms with Gasteiger partial charge in [-0.05, 0) is 44.0 Å². The van der Waals surface area contributed by atoms with E-state index in [2.05, 4.69) is 32.1 Å². The smallest absolute Gasteiger partial charge is 0.274 e. The van der Waals surface area contributed by atoms with Crippen molar-refractivity contribution in [3.63, 3.8) is 0 Å². The monoisotopic (exact) mass is 435 g/mol. The van der Waals surface area contributed by atoms with Crippen LogP contribution in [-0.4, -0.2) is 62.3 Å². The molecule has 0 bridgehead atoms. The third kappa shape index (κ3) is 3.71. The van der Waals surface area contributed by atoms with Crippen LogP contribution >= 0.6 is 0 Å². The van der Waals surface area contributed by atoms with Crippen LogP contribution in [0.1, 0.15) is 30.5 Å². The molecule has 0 radical (unpaired) electrons. The van der Waals surface area contributed by atoms with E-state index in [9.17, 15) is 9.90 Å². The van der Waals surface area contributed by atoms with Gasteiger partial charge < -0.3 is 24.8 Å². The van der Waals surface area contributed by atoms with E-state index < -0.39 is 0 Å². The molecule has 0 saturated carbocycles. The lowest BCUT2D eigenvalue weighted by Gasteiger charge is -2.35. The maximum Gasteiger partial charge on any atom is 0.274 e. The van der Waals surface area contributed by atoms with Gasteiger partial charge in [-0.25, -0.2) is 15.0 Å². The fraction of sp³-hybridized carbons (Fsp3) is 0.478. The van der Waals surface area contributed by atoms with Gasteiger partial charge in [0.1, 0.15) is 11.2 Å². The van der Waals surface area contributed by atoms with E-state index >= 15 is 0 Å². The van der Waals surface area contributed by atoms with Crippen molar-refractivity contribution in [2.24, 2.45) is 7.05 Å². The molecule has 3 aromatic heterocycles. The molecule has 168 valence electrons. The number of anilines is 3. The van der Waals surface area contributed by atoms with Crippen molar-refractivity contribution in [2.45, 2.75) is 38.3 Å². The Balaban J connectivity index is 1.53. The lowest BCUT2D eigenvalue weighted by atomic mass is 10.0. The summed E-state index contributed by atoms with van der Waals surface area (Å²) < 4.78 is 1.73. The van der Waals surface area contributed by atoms with Crippen LogP contribution in [0.2, 0.25) is 0 Å². The fourth-order valence-electron chi connectivity index (χ4n) is 4.86. The minimum atomic E-state index is -0.0835. The van der Waals surface area contributed by atoms with Crippen LogP contribution in [0.4, 0.5) is 17.5 Å². The van der Waals surface area contributed by atoms with Gasteiger partial charge in [0.25, 0.3) is 5.56 Å². The van der Waals surface area contributed by atoms with Crippen molar-refractivity contribution >= 4 is 28.4 Å². The number of hydrogen-bond acceptors (Lipinski definition) is 8. The second kappa shape index (κ2) is 8.48. The van der Waals surface area contributed by atoms with E-state index in [-0.39, 0.29) is 18.2 Å². The summed E-state index contributed by atoms with van der Waals surface area (Å²) in [6.07, 6.45) is 7.47. The summed E-state index contributed by atoms with van der Waals surface area (Å²) in [5.41, 5.74) is 3.34. The second-order valence-electron chi connectivity index (χ2n) is 8.80. The molecule has 0 aliphatic carbocycles. The van der Waals surface area contributed by atoms with Gasteiger partial charge in [0.15, 0.2) is 5.82 Å². The van der Waals surface area contributed by atoms with Gasteiger partial charge in [-0.1, -0.05) is 0 Å². The topological polar surface area (TPSA) is 99.4 Å². The normalized spacial score (nSPS) is 19.2. The van der Waals surface area contributed by atoms with Gasteiger partial charge in [0.2, 0.25) is 5.95 Å². The van der Waals surface area contributed by atoms with Crippen molar-refractivity contribution in [2.75, 3.05) is 37.0 Å². The SMILES string of the molecule is CN1CCc2c(cc(Nc3ncc4ccnc(N5CCCCC5CO)c4n3)c(=O)n2C)C1. The van der Waals surface area contributed by atoms with Crippen molar-refractivity contribution in [3.8, 4) is 0 Å². The lowest BCUT2D eigenvalue weighted by Crippen LogP contribution is -2.42. The molecule has 3 aromatic rings. The summed E-state index contributed by atoms with van der Waals surface area (Å²) in [6, 6.07) is 3.85. The van der Waals surface area contributed by atoms with Gasteiger partial charge in [-0.15, -0.1) is 0 Å². The molecule has 2 aliphatic heterocycles. The van der Waals surface area contributed by atoms with E-state index in [1.54, 1.807) is 17.0 Å². The molecule has 1 saturated heterocycles. The minimum Gasteiger partial charge on any atom is -0.394 e. The molecule has 5 heterocycles. The number of aromatic nitrogens is 4. The minimum absolute atomic E-state index is 0.0400. The Labute approximate surface area is 186 Å². The summed E-state index contributed by atoms with van der Waals surface area (Å²) >= 11 is 0.